The van der Waals surface area contributed by atoms with Crippen molar-refractivity contribution in [1.29, 1.82) is 0 Å². The number of benzene rings is 2. The lowest BCUT2D eigenvalue weighted by Crippen LogP contribution is -2.62. The van der Waals surface area contributed by atoms with E-state index in [0.29, 0.717) is 11.1 Å². The molecule has 1 saturated heterocycles. The number of aromatic hydroxyl groups is 1. The molecular formula is C40H60N6O16. The average molecular weight is 881 g/mol. The average Bonchev–Trinajstić information content (AvgIpc) is 3.24. The molecule has 62 heavy (non-hydrogen) atoms. The van der Waals surface area contributed by atoms with E-state index in [-0.39, 0.29) is 30.9 Å². The van der Waals surface area contributed by atoms with Gasteiger partial charge >= 0.3 is 0 Å². The van der Waals surface area contributed by atoms with Crippen LogP contribution in [0.2, 0.25) is 0 Å². The third kappa shape index (κ3) is 16.1. The monoisotopic (exact) mass is 880 g/mol. The van der Waals surface area contributed by atoms with Crippen LogP contribution in [0.1, 0.15) is 31.4 Å². The van der Waals surface area contributed by atoms with Gasteiger partial charge in [-0.1, -0.05) is 56.3 Å². The number of phenolic OH excluding ortho intramolecular Hbond substituents is 1. The molecule has 0 unspecified atom stereocenters. The van der Waals surface area contributed by atoms with Crippen LogP contribution in [0, 0.1) is 5.92 Å². The molecule has 16 N–H and O–H groups in total. The molecule has 2 aromatic carbocycles. The number of aliphatic hydroxyl groups is 8. The van der Waals surface area contributed by atoms with E-state index in [4.69, 9.17) is 15.2 Å². The normalized spacial score (nSPS) is 22.3. The molecule has 346 valence electrons. The second-order valence-electron chi connectivity index (χ2n) is 15.3. The van der Waals surface area contributed by atoms with Gasteiger partial charge in [-0.3, -0.25) is 24.0 Å². The fourth-order valence-corrected chi connectivity index (χ4v) is 6.39. The zero-order chi connectivity index (χ0) is 46.1. The van der Waals surface area contributed by atoms with Crippen LogP contribution in [0.5, 0.6) is 5.75 Å². The number of rotatable bonds is 25. The maximum Gasteiger partial charge on any atom is 0.243 e. The Balaban J connectivity index is 1.64. The van der Waals surface area contributed by atoms with E-state index in [9.17, 15) is 69.9 Å². The number of hydrogen-bond acceptors (Lipinski definition) is 17. The summed E-state index contributed by atoms with van der Waals surface area (Å²) in [6, 6.07) is 11.1. The van der Waals surface area contributed by atoms with Gasteiger partial charge in [0.05, 0.1) is 38.4 Å². The molecule has 0 spiro atoms. The Hall–Kier alpha value is -4.85. The highest BCUT2D eigenvalue weighted by Crippen LogP contribution is 2.25. The Morgan fingerprint density at radius 1 is 0.742 bits per heavy atom. The van der Waals surface area contributed by atoms with Gasteiger partial charge in [-0.15, -0.1) is 0 Å². The molecule has 0 radical (unpaired) electrons. The molecule has 22 nitrogen and oxygen atoms in total. The highest BCUT2D eigenvalue weighted by molar-refractivity contribution is 5.93. The Kier molecular flexibility index (Phi) is 21.0. The van der Waals surface area contributed by atoms with Crippen molar-refractivity contribution >= 4 is 29.5 Å². The van der Waals surface area contributed by atoms with Crippen LogP contribution >= 0.6 is 0 Å². The molecular weight excluding hydrogens is 820 g/mol. The van der Waals surface area contributed by atoms with Crippen molar-refractivity contribution < 1.29 is 79.4 Å². The number of ether oxygens (including phenoxy) is 2. The lowest BCUT2D eigenvalue weighted by atomic mass is 9.98. The van der Waals surface area contributed by atoms with E-state index >= 15 is 0 Å². The van der Waals surface area contributed by atoms with Crippen LogP contribution in [0.3, 0.4) is 0 Å². The third-order valence-electron chi connectivity index (χ3n) is 9.87. The van der Waals surface area contributed by atoms with Gasteiger partial charge in [-0.05, 0) is 42.0 Å². The number of aliphatic hydroxyl groups excluding tert-OH is 8. The van der Waals surface area contributed by atoms with Gasteiger partial charge in [0.1, 0.15) is 60.6 Å². The molecule has 22 heteroatoms. The fourth-order valence-electron chi connectivity index (χ4n) is 6.39. The summed E-state index contributed by atoms with van der Waals surface area (Å²) in [4.78, 5) is 64.5. The van der Waals surface area contributed by atoms with Crippen LogP contribution in [-0.2, 0) is 46.3 Å². The molecule has 1 aliphatic heterocycles. The third-order valence-corrected chi connectivity index (χ3v) is 9.87. The topological polar surface area (TPSA) is 372 Å². The summed E-state index contributed by atoms with van der Waals surface area (Å²) in [6.07, 6.45) is -16.4. The Morgan fingerprint density at radius 2 is 1.35 bits per heavy atom. The zero-order valence-electron chi connectivity index (χ0n) is 34.3. The number of primary amides is 1. The van der Waals surface area contributed by atoms with Crippen molar-refractivity contribution in [3.8, 4) is 5.75 Å². The number of hydrogen-bond donors (Lipinski definition) is 15. The van der Waals surface area contributed by atoms with Crippen molar-refractivity contribution in [1.82, 2.24) is 26.6 Å². The molecule has 3 rings (SSSR count). The van der Waals surface area contributed by atoms with E-state index in [1.165, 1.54) is 24.3 Å². The predicted molar refractivity (Wildman–Crippen MR) is 216 cm³/mol. The van der Waals surface area contributed by atoms with Crippen molar-refractivity contribution in [2.45, 2.75) is 106 Å². The van der Waals surface area contributed by atoms with Gasteiger partial charge in [0, 0.05) is 13.0 Å². The van der Waals surface area contributed by atoms with Crippen LogP contribution in [0.15, 0.2) is 54.6 Å². The lowest BCUT2D eigenvalue weighted by molar-refractivity contribution is -0.327. The zero-order valence-corrected chi connectivity index (χ0v) is 34.3. The summed E-state index contributed by atoms with van der Waals surface area (Å²) in [6.45, 7) is 0.0128. The minimum Gasteiger partial charge on any atom is -0.508 e. The lowest BCUT2D eigenvalue weighted by Gasteiger charge is -2.42. The van der Waals surface area contributed by atoms with Gasteiger partial charge < -0.3 is 87.8 Å². The van der Waals surface area contributed by atoms with Crippen molar-refractivity contribution in [2.75, 3.05) is 32.8 Å². The first-order chi connectivity index (χ1) is 29.3. The first-order valence-electron chi connectivity index (χ1n) is 19.9. The molecule has 12 atom stereocenters. The number of carbonyl (C=O) groups excluding carboxylic acids is 5. The molecule has 1 aliphatic rings. The molecule has 1 fully saturated rings. The summed E-state index contributed by atoms with van der Waals surface area (Å²) in [5, 5.41) is 104. The minimum atomic E-state index is -2.06. The molecule has 1 heterocycles. The van der Waals surface area contributed by atoms with Crippen LogP contribution in [-0.4, -0.2) is 182 Å². The minimum absolute atomic E-state index is 0.0186. The van der Waals surface area contributed by atoms with Gasteiger partial charge in [-0.2, -0.15) is 0 Å². The molecule has 5 amide bonds. The smallest absolute Gasteiger partial charge is 0.243 e. The summed E-state index contributed by atoms with van der Waals surface area (Å²) in [5.41, 5.74) is 6.69. The van der Waals surface area contributed by atoms with Gasteiger partial charge in [0.25, 0.3) is 0 Å². The van der Waals surface area contributed by atoms with Gasteiger partial charge in [0.2, 0.25) is 29.5 Å². The summed E-state index contributed by atoms with van der Waals surface area (Å²) >= 11 is 0. The summed E-state index contributed by atoms with van der Waals surface area (Å²) < 4.78 is 10.7. The van der Waals surface area contributed by atoms with Crippen LogP contribution in [0.25, 0.3) is 0 Å². The molecule has 0 aliphatic carbocycles. The van der Waals surface area contributed by atoms with E-state index in [1.54, 1.807) is 30.3 Å². The first kappa shape index (κ1) is 51.5. The van der Waals surface area contributed by atoms with Gasteiger partial charge in [-0.25, -0.2) is 0 Å². The molecule has 0 aromatic heterocycles. The number of phenols is 1. The Bertz CT molecular complexity index is 1720. The summed E-state index contributed by atoms with van der Waals surface area (Å²) in [5.74, 6) is -3.84. The van der Waals surface area contributed by atoms with Crippen LogP contribution < -0.4 is 32.3 Å². The van der Waals surface area contributed by atoms with E-state index in [1.807, 2.05) is 13.8 Å². The maximum absolute atomic E-state index is 13.4. The number of carbonyl (C=O) groups is 5. The maximum atomic E-state index is 13.4. The number of amides is 5. The van der Waals surface area contributed by atoms with E-state index in [0.717, 1.165) is 0 Å². The summed E-state index contributed by atoms with van der Waals surface area (Å²) in [7, 11) is 0. The second kappa shape index (κ2) is 25.3. The number of nitrogens with one attached hydrogen (secondary N) is 5. The van der Waals surface area contributed by atoms with E-state index in [2.05, 4.69) is 26.6 Å². The molecule has 0 bridgehead atoms. The largest absolute Gasteiger partial charge is 0.508 e. The molecule has 2 aromatic rings. The highest BCUT2D eigenvalue weighted by atomic mass is 16.7. The Morgan fingerprint density at radius 3 is 1.95 bits per heavy atom. The SMILES string of the molecule is CC(C)C[C@H](NC(=O)[C@H](Cc1ccccc1)NC(=O)CNC(=O)CNC(=O)[C@H](Cc1ccc(O)cc1)NC[C@H](O)[C@@H](O)[C@H](O[C@@H]1O[C@H](CO)[C@@H](O)[C@H](O)[C@H]1O)[C@H](O)CO)C(N)=O. The number of nitrogens with two attached hydrogens (primary N) is 1. The van der Waals surface area contributed by atoms with Crippen molar-refractivity contribution in [3.05, 3.63) is 65.7 Å². The highest BCUT2D eigenvalue weighted by Gasteiger charge is 2.47. The van der Waals surface area contributed by atoms with Gasteiger partial charge in [0.15, 0.2) is 6.29 Å². The quantitative estimate of drug-likeness (QED) is 0.0442. The fraction of sp³-hybridized carbons (Fsp3) is 0.575. The van der Waals surface area contributed by atoms with Crippen molar-refractivity contribution in [3.63, 3.8) is 0 Å². The second-order valence-corrected chi connectivity index (χ2v) is 15.3. The predicted octanol–water partition coefficient (Wildman–Crippen LogP) is -5.87. The molecule has 0 saturated carbocycles. The Labute approximate surface area is 357 Å². The van der Waals surface area contributed by atoms with E-state index < -0.39 is 136 Å². The van der Waals surface area contributed by atoms with Crippen molar-refractivity contribution in [2.24, 2.45) is 11.7 Å². The first-order valence-corrected chi connectivity index (χ1v) is 19.9. The standard InChI is InChI=1S/C40H60N6O16/c1-20(2)12-24(37(41)58)46-39(60)26(14-21-6-4-3-5-7-21)45-31(53)17-43-30(52)16-44-38(59)25(13-22-8-10-23(49)11-9-22)42-15-27(50)32(54)36(28(51)18-47)62-40-35(57)34(56)33(55)29(19-48)61-40/h3-11,20,24-29,32-36,40,42,47-51,54-57H,12-19H2,1-2H3,(H2,41,58)(H,43,52)(H,44,59)(H,45,53)(H,46,60)/t24-,25-,26-,27-,28+,29+,32+,33+,34-,35+,36+,40-/m0/s1. The van der Waals surface area contributed by atoms with Crippen LogP contribution in [0.4, 0.5) is 0 Å².